The van der Waals surface area contributed by atoms with Crippen molar-refractivity contribution < 1.29 is 9.13 Å². The Labute approximate surface area is 137 Å². The van der Waals surface area contributed by atoms with E-state index in [1.807, 2.05) is 0 Å². The maximum Gasteiger partial charge on any atom is 0.139 e. The van der Waals surface area contributed by atoms with Crippen LogP contribution in [0.2, 0.25) is 10.0 Å². The predicted octanol–water partition coefficient (Wildman–Crippen LogP) is 5.59. The summed E-state index contributed by atoms with van der Waals surface area (Å²) < 4.78 is 18.6. The van der Waals surface area contributed by atoms with Gasteiger partial charge in [0.25, 0.3) is 0 Å². The number of pyridine rings is 1. The van der Waals surface area contributed by atoms with Gasteiger partial charge in [-0.15, -0.1) is 0 Å². The smallest absolute Gasteiger partial charge is 0.139 e. The molecule has 0 N–H and O–H groups in total. The molecule has 2 nitrogen and oxygen atoms in total. The Kier molecular flexibility index (Phi) is 4.93. The minimum Gasteiger partial charge on any atom is -0.457 e. The molecule has 0 radical (unpaired) electrons. The van der Waals surface area contributed by atoms with Crippen LogP contribution >= 0.6 is 36.7 Å². The SMILES string of the molecule is Fc1ccc(Oc2ccnc3cc(Cl)cc(Cl)c23)cc1.S. The van der Waals surface area contributed by atoms with E-state index in [4.69, 9.17) is 27.9 Å². The minimum absolute atomic E-state index is 0. The van der Waals surface area contributed by atoms with Crippen LogP contribution in [0.4, 0.5) is 4.39 Å². The van der Waals surface area contributed by atoms with Crippen molar-refractivity contribution in [3.8, 4) is 11.5 Å². The summed E-state index contributed by atoms with van der Waals surface area (Å²) in [5, 5.41) is 1.63. The zero-order valence-electron chi connectivity index (χ0n) is 10.6. The van der Waals surface area contributed by atoms with Crippen LogP contribution in [-0.2, 0) is 0 Å². The first-order chi connectivity index (χ1) is 9.63. The van der Waals surface area contributed by atoms with Crippen molar-refractivity contribution in [3.63, 3.8) is 0 Å². The molecule has 6 heteroatoms. The largest absolute Gasteiger partial charge is 0.457 e. The van der Waals surface area contributed by atoms with E-state index >= 15 is 0 Å². The summed E-state index contributed by atoms with van der Waals surface area (Å²) in [6.07, 6.45) is 1.61. The lowest BCUT2D eigenvalue weighted by Gasteiger charge is -2.10. The van der Waals surface area contributed by atoms with Gasteiger partial charge in [0.05, 0.1) is 15.9 Å². The van der Waals surface area contributed by atoms with Gasteiger partial charge in [0.2, 0.25) is 0 Å². The molecule has 2 aromatic carbocycles. The van der Waals surface area contributed by atoms with E-state index in [2.05, 4.69) is 4.98 Å². The van der Waals surface area contributed by atoms with Gasteiger partial charge >= 0.3 is 0 Å². The van der Waals surface area contributed by atoms with E-state index in [9.17, 15) is 4.39 Å². The molecule has 0 aliphatic carbocycles. The van der Waals surface area contributed by atoms with Crippen LogP contribution in [0.15, 0.2) is 48.7 Å². The van der Waals surface area contributed by atoms with Gasteiger partial charge in [-0.05, 0) is 42.5 Å². The average Bonchev–Trinajstić information content (AvgIpc) is 2.41. The fourth-order valence-corrected chi connectivity index (χ4v) is 2.46. The van der Waals surface area contributed by atoms with Crippen LogP contribution in [0.1, 0.15) is 0 Å². The Bertz CT molecular complexity index is 780. The molecule has 21 heavy (non-hydrogen) atoms. The predicted molar refractivity (Wildman–Crippen MR) is 88.6 cm³/mol. The fourth-order valence-electron chi connectivity index (χ4n) is 1.89. The van der Waals surface area contributed by atoms with E-state index in [1.54, 1.807) is 36.5 Å². The van der Waals surface area contributed by atoms with Crippen molar-refractivity contribution in [2.24, 2.45) is 0 Å². The lowest BCUT2D eigenvalue weighted by Crippen LogP contribution is -1.89. The first kappa shape index (κ1) is 15.9. The zero-order valence-corrected chi connectivity index (χ0v) is 13.1. The Hall–Kier alpha value is -1.49. The first-order valence-electron chi connectivity index (χ1n) is 5.81. The Morgan fingerprint density at radius 1 is 1.00 bits per heavy atom. The van der Waals surface area contributed by atoms with Crippen molar-refractivity contribution >= 4 is 47.6 Å². The molecule has 0 aliphatic rings. The number of hydrogen-bond donors (Lipinski definition) is 0. The Morgan fingerprint density at radius 2 is 1.71 bits per heavy atom. The molecule has 3 aromatic rings. The molecular weight excluding hydrogens is 332 g/mol. The monoisotopic (exact) mass is 341 g/mol. The molecule has 0 saturated heterocycles. The zero-order chi connectivity index (χ0) is 14.1. The molecule has 1 heterocycles. The van der Waals surface area contributed by atoms with Gasteiger partial charge in [0.15, 0.2) is 0 Å². The second-order valence-electron chi connectivity index (χ2n) is 4.15. The van der Waals surface area contributed by atoms with Crippen LogP contribution < -0.4 is 4.74 Å². The topological polar surface area (TPSA) is 22.1 Å². The minimum atomic E-state index is -0.318. The van der Waals surface area contributed by atoms with Gasteiger partial charge in [0, 0.05) is 11.2 Å². The van der Waals surface area contributed by atoms with E-state index in [-0.39, 0.29) is 19.3 Å². The lowest BCUT2D eigenvalue weighted by molar-refractivity contribution is 0.485. The molecule has 0 bridgehead atoms. The fraction of sp³-hybridized carbons (Fsp3) is 0. The number of aromatic nitrogens is 1. The molecule has 3 rings (SSSR count). The quantitative estimate of drug-likeness (QED) is 0.606. The third-order valence-corrected chi connectivity index (χ3v) is 3.28. The Morgan fingerprint density at radius 3 is 2.43 bits per heavy atom. The number of benzene rings is 2. The summed E-state index contributed by atoms with van der Waals surface area (Å²) in [6, 6.07) is 10.8. The summed E-state index contributed by atoms with van der Waals surface area (Å²) in [4.78, 5) is 4.21. The van der Waals surface area contributed by atoms with E-state index in [0.29, 0.717) is 32.4 Å². The van der Waals surface area contributed by atoms with Crippen LogP contribution in [0.5, 0.6) is 11.5 Å². The normalized spacial score (nSPS) is 10.2. The number of fused-ring (bicyclic) bond motifs is 1. The number of ether oxygens (including phenoxy) is 1. The van der Waals surface area contributed by atoms with E-state index < -0.39 is 0 Å². The van der Waals surface area contributed by atoms with Gasteiger partial charge in [-0.3, -0.25) is 4.98 Å². The van der Waals surface area contributed by atoms with Gasteiger partial charge in [-0.25, -0.2) is 4.39 Å². The maximum atomic E-state index is 12.9. The highest BCUT2D eigenvalue weighted by atomic mass is 35.5. The van der Waals surface area contributed by atoms with Gasteiger partial charge in [-0.1, -0.05) is 23.2 Å². The summed E-state index contributed by atoms with van der Waals surface area (Å²) >= 11 is 12.1. The summed E-state index contributed by atoms with van der Waals surface area (Å²) in [6.45, 7) is 0. The molecule has 0 fully saturated rings. The van der Waals surface area contributed by atoms with Crippen molar-refractivity contribution in [2.45, 2.75) is 0 Å². The third kappa shape index (κ3) is 3.40. The van der Waals surface area contributed by atoms with Gasteiger partial charge in [-0.2, -0.15) is 13.5 Å². The maximum absolute atomic E-state index is 12.9. The molecule has 0 aliphatic heterocycles. The molecule has 1 aromatic heterocycles. The molecule has 0 saturated carbocycles. The molecule has 0 spiro atoms. The average molecular weight is 342 g/mol. The third-order valence-electron chi connectivity index (χ3n) is 2.76. The van der Waals surface area contributed by atoms with Crippen LogP contribution in [0, 0.1) is 5.82 Å². The van der Waals surface area contributed by atoms with Crippen molar-refractivity contribution in [3.05, 3.63) is 64.5 Å². The molecule has 108 valence electrons. The lowest BCUT2D eigenvalue weighted by atomic mass is 10.2. The number of hydrogen-bond acceptors (Lipinski definition) is 2. The van der Waals surface area contributed by atoms with Crippen LogP contribution in [0.3, 0.4) is 0 Å². The molecule has 0 atom stereocenters. The van der Waals surface area contributed by atoms with Gasteiger partial charge in [0.1, 0.15) is 17.3 Å². The van der Waals surface area contributed by atoms with Crippen LogP contribution in [-0.4, -0.2) is 4.98 Å². The highest BCUT2D eigenvalue weighted by Gasteiger charge is 2.10. The number of halogens is 3. The van der Waals surface area contributed by atoms with Gasteiger partial charge < -0.3 is 4.74 Å². The van der Waals surface area contributed by atoms with Crippen molar-refractivity contribution in [2.75, 3.05) is 0 Å². The number of rotatable bonds is 2. The van der Waals surface area contributed by atoms with Crippen molar-refractivity contribution in [1.29, 1.82) is 0 Å². The first-order valence-corrected chi connectivity index (χ1v) is 6.56. The summed E-state index contributed by atoms with van der Waals surface area (Å²) in [5.41, 5.74) is 0.641. The summed E-state index contributed by atoms with van der Waals surface area (Å²) in [7, 11) is 0. The molecular formula is C15H10Cl2FNOS. The molecule has 0 unspecified atom stereocenters. The highest BCUT2D eigenvalue weighted by Crippen LogP contribution is 2.35. The van der Waals surface area contributed by atoms with E-state index in [0.717, 1.165) is 0 Å². The number of nitrogens with zero attached hydrogens (tertiary/aromatic N) is 1. The summed E-state index contributed by atoms with van der Waals surface area (Å²) in [5.74, 6) is 0.745. The van der Waals surface area contributed by atoms with Crippen molar-refractivity contribution in [1.82, 2.24) is 4.98 Å². The Balaban J connectivity index is 0.00000161. The highest BCUT2D eigenvalue weighted by molar-refractivity contribution is 7.59. The second-order valence-corrected chi connectivity index (χ2v) is 4.99. The van der Waals surface area contributed by atoms with E-state index in [1.165, 1.54) is 12.1 Å². The second kappa shape index (κ2) is 6.52. The van der Waals surface area contributed by atoms with Crippen LogP contribution in [0.25, 0.3) is 10.9 Å². The standard InChI is InChI=1S/C15H8Cl2FNO.H2S/c16-9-7-12(17)15-13(8-9)19-6-5-14(15)20-11-3-1-10(18)2-4-11;/h1-8H;1H2. The molecule has 0 amide bonds.